The van der Waals surface area contributed by atoms with Gasteiger partial charge in [0.15, 0.2) is 11.9 Å². The summed E-state index contributed by atoms with van der Waals surface area (Å²) in [5, 5.41) is 0. The van der Waals surface area contributed by atoms with Crippen LogP contribution in [0.2, 0.25) is 0 Å². The Balaban J connectivity index is 2.00. The third kappa shape index (κ3) is 5.32. The molecular formula is C19H19BrO5. The standard InChI is InChI=1S/C19H19BrO5/c1-12(21)14-4-9-18(23-3)15(10-14)11-24-19(22)13(2)25-17-7-5-16(20)6-8-17/h4-10,13H,11H2,1-3H3/t13-/m1/s1. The van der Waals surface area contributed by atoms with Crippen molar-refractivity contribution in [2.24, 2.45) is 0 Å². The van der Waals surface area contributed by atoms with Gasteiger partial charge in [-0.2, -0.15) is 0 Å². The maximum Gasteiger partial charge on any atom is 0.347 e. The number of esters is 1. The first kappa shape index (κ1) is 19.0. The summed E-state index contributed by atoms with van der Waals surface area (Å²) in [7, 11) is 1.52. The number of hydrogen-bond donors (Lipinski definition) is 0. The number of halogens is 1. The van der Waals surface area contributed by atoms with Crippen LogP contribution in [0.3, 0.4) is 0 Å². The molecule has 2 aromatic carbocycles. The second-order valence-electron chi connectivity index (χ2n) is 5.40. The van der Waals surface area contributed by atoms with Crippen molar-refractivity contribution in [1.29, 1.82) is 0 Å². The van der Waals surface area contributed by atoms with Crippen LogP contribution in [0, 0.1) is 0 Å². The molecule has 0 saturated carbocycles. The number of carbonyl (C=O) groups excluding carboxylic acids is 2. The Hall–Kier alpha value is -2.34. The van der Waals surface area contributed by atoms with Crippen molar-refractivity contribution in [2.75, 3.05) is 7.11 Å². The van der Waals surface area contributed by atoms with E-state index in [9.17, 15) is 9.59 Å². The van der Waals surface area contributed by atoms with Gasteiger partial charge in [-0.1, -0.05) is 15.9 Å². The average Bonchev–Trinajstić information content (AvgIpc) is 2.61. The van der Waals surface area contributed by atoms with Crippen molar-refractivity contribution in [1.82, 2.24) is 0 Å². The molecule has 0 aliphatic carbocycles. The fourth-order valence-corrected chi connectivity index (χ4v) is 2.41. The second kappa shape index (κ2) is 8.67. The van der Waals surface area contributed by atoms with Crippen LogP contribution in [0.15, 0.2) is 46.9 Å². The molecule has 2 aromatic rings. The highest BCUT2D eigenvalue weighted by molar-refractivity contribution is 9.10. The number of ether oxygens (including phenoxy) is 3. The molecule has 0 radical (unpaired) electrons. The number of ketones is 1. The smallest absolute Gasteiger partial charge is 0.347 e. The molecule has 0 aliphatic rings. The predicted molar refractivity (Wildman–Crippen MR) is 97.0 cm³/mol. The van der Waals surface area contributed by atoms with E-state index in [1.807, 2.05) is 12.1 Å². The van der Waals surface area contributed by atoms with Crippen molar-refractivity contribution in [3.63, 3.8) is 0 Å². The van der Waals surface area contributed by atoms with Crippen molar-refractivity contribution >= 4 is 27.7 Å². The third-order valence-corrected chi connectivity index (χ3v) is 4.04. The van der Waals surface area contributed by atoms with Gasteiger partial charge < -0.3 is 14.2 Å². The van der Waals surface area contributed by atoms with E-state index in [2.05, 4.69) is 15.9 Å². The van der Waals surface area contributed by atoms with Crippen LogP contribution >= 0.6 is 15.9 Å². The van der Waals surface area contributed by atoms with Gasteiger partial charge in [0.05, 0.1) is 7.11 Å². The van der Waals surface area contributed by atoms with Crippen molar-refractivity contribution in [3.05, 3.63) is 58.1 Å². The monoisotopic (exact) mass is 406 g/mol. The first-order valence-electron chi connectivity index (χ1n) is 7.67. The lowest BCUT2D eigenvalue weighted by atomic mass is 10.1. The molecule has 0 fully saturated rings. The lowest BCUT2D eigenvalue weighted by Crippen LogP contribution is -2.26. The van der Waals surface area contributed by atoms with Crippen LogP contribution in [0.1, 0.15) is 29.8 Å². The summed E-state index contributed by atoms with van der Waals surface area (Å²) >= 11 is 3.34. The highest BCUT2D eigenvalue weighted by Gasteiger charge is 2.18. The molecule has 0 aromatic heterocycles. The molecule has 1 atom stereocenters. The fourth-order valence-electron chi connectivity index (χ4n) is 2.14. The number of methoxy groups -OCH3 is 1. The van der Waals surface area contributed by atoms with E-state index in [1.165, 1.54) is 14.0 Å². The Morgan fingerprint density at radius 3 is 2.40 bits per heavy atom. The molecule has 5 nitrogen and oxygen atoms in total. The minimum atomic E-state index is -0.761. The van der Waals surface area contributed by atoms with Gasteiger partial charge in [0.2, 0.25) is 0 Å². The Bertz CT molecular complexity index is 755. The topological polar surface area (TPSA) is 61.8 Å². The van der Waals surface area contributed by atoms with Crippen LogP contribution in [-0.2, 0) is 16.1 Å². The molecule has 0 aliphatic heterocycles. The van der Waals surface area contributed by atoms with Crippen molar-refractivity contribution < 1.29 is 23.8 Å². The quantitative estimate of drug-likeness (QED) is 0.509. The van der Waals surface area contributed by atoms with Gasteiger partial charge in [-0.15, -0.1) is 0 Å². The summed E-state index contributed by atoms with van der Waals surface area (Å²) in [5.41, 5.74) is 1.16. The van der Waals surface area contributed by atoms with Gasteiger partial charge in [-0.25, -0.2) is 4.79 Å². The molecule has 25 heavy (non-hydrogen) atoms. The number of carbonyl (C=O) groups is 2. The molecule has 6 heteroatoms. The molecule has 132 valence electrons. The number of Topliss-reactive ketones (excluding diaryl/α,β-unsaturated/α-hetero) is 1. The molecular weight excluding hydrogens is 388 g/mol. The van der Waals surface area contributed by atoms with Crippen LogP contribution in [-0.4, -0.2) is 25.0 Å². The first-order valence-corrected chi connectivity index (χ1v) is 8.46. The Morgan fingerprint density at radius 2 is 1.80 bits per heavy atom. The largest absolute Gasteiger partial charge is 0.496 e. The normalized spacial score (nSPS) is 11.5. The van der Waals surface area contributed by atoms with E-state index >= 15 is 0 Å². The Morgan fingerprint density at radius 1 is 1.12 bits per heavy atom. The minimum Gasteiger partial charge on any atom is -0.496 e. The van der Waals surface area contributed by atoms with E-state index in [0.29, 0.717) is 22.6 Å². The van der Waals surface area contributed by atoms with Gasteiger partial charge in [-0.3, -0.25) is 4.79 Å². The van der Waals surface area contributed by atoms with Gasteiger partial charge >= 0.3 is 5.97 Å². The average molecular weight is 407 g/mol. The van der Waals surface area contributed by atoms with Crippen LogP contribution in [0.5, 0.6) is 11.5 Å². The van der Waals surface area contributed by atoms with E-state index in [1.54, 1.807) is 37.3 Å². The van der Waals surface area contributed by atoms with Gasteiger partial charge in [-0.05, 0) is 56.3 Å². The maximum atomic E-state index is 12.1. The molecule has 0 heterocycles. The zero-order valence-electron chi connectivity index (χ0n) is 14.2. The van der Waals surface area contributed by atoms with Gasteiger partial charge in [0, 0.05) is 15.6 Å². The molecule has 0 unspecified atom stereocenters. The highest BCUT2D eigenvalue weighted by Crippen LogP contribution is 2.22. The first-order chi connectivity index (χ1) is 11.9. The fraction of sp³-hybridized carbons (Fsp3) is 0.263. The number of benzene rings is 2. The Labute approximate surface area is 155 Å². The van der Waals surface area contributed by atoms with Crippen molar-refractivity contribution in [3.8, 4) is 11.5 Å². The maximum absolute atomic E-state index is 12.1. The van der Waals surface area contributed by atoms with E-state index in [-0.39, 0.29) is 12.4 Å². The van der Waals surface area contributed by atoms with Gasteiger partial charge in [0.1, 0.15) is 18.1 Å². The lowest BCUT2D eigenvalue weighted by Gasteiger charge is -2.15. The summed E-state index contributed by atoms with van der Waals surface area (Å²) in [6, 6.07) is 12.2. The lowest BCUT2D eigenvalue weighted by molar-refractivity contribution is -0.152. The van der Waals surface area contributed by atoms with E-state index in [4.69, 9.17) is 14.2 Å². The van der Waals surface area contributed by atoms with Crippen molar-refractivity contribution in [2.45, 2.75) is 26.6 Å². The molecule has 0 N–H and O–H groups in total. The molecule has 0 amide bonds. The summed E-state index contributed by atoms with van der Waals surface area (Å²) in [5.74, 6) is 0.559. The molecule has 0 bridgehead atoms. The summed E-state index contributed by atoms with van der Waals surface area (Å²) in [6.07, 6.45) is -0.761. The summed E-state index contributed by atoms with van der Waals surface area (Å²) < 4.78 is 17.0. The minimum absolute atomic E-state index is 0.00281. The number of rotatable bonds is 7. The SMILES string of the molecule is COc1ccc(C(C)=O)cc1COC(=O)[C@@H](C)Oc1ccc(Br)cc1. The zero-order valence-corrected chi connectivity index (χ0v) is 15.8. The van der Waals surface area contributed by atoms with Crippen LogP contribution < -0.4 is 9.47 Å². The van der Waals surface area contributed by atoms with E-state index in [0.717, 1.165) is 4.47 Å². The Kier molecular flexibility index (Phi) is 6.58. The number of hydrogen-bond acceptors (Lipinski definition) is 5. The summed E-state index contributed by atoms with van der Waals surface area (Å²) in [6.45, 7) is 3.09. The van der Waals surface area contributed by atoms with E-state index < -0.39 is 12.1 Å². The second-order valence-corrected chi connectivity index (χ2v) is 6.32. The van der Waals surface area contributed by atoms with Crippen LogP contribution in [0.25, 0.3) is 0 Å². The molecule has 0 saturated heterocycles. The summed E-state index contributed by atoms with van der Waals surface area (Å²) in [4.78, 5) is 23.6. The molecule has 2 rings (SSSR count). The zero-order chi connectivity index (χ0) is 18.4. The predicted octanol–water partition coefficient (Wildman–Crippen LogP) is 4.17. The molecule has 0 spiro atoms. The highest BCUT2D eigenvalue weighted by atomic mass is 79.9. The van der Waals surface area contributed by atoms with Crippen LogP contribution in [0.4, 0.5) is 0 Å². The van der Waals surface area contributed by atoms with Gasteiger partial charge in [0.25, 0.3) is 0 Å². The third-order valence-electron chi connectivity index (χ3n) is 3.52.